The highest BCUT2D eigenvalue weighted by molar-refractivity contribution is 9.10. The van der Waals surface area contributed by atoms with E-state index in [2.05, 4.69) is 26.2 Å². The van der Waals surface area contributed by atoms with E-state index < -0.39 is 0 Å². The van der Waals surface area contributed by atoms with E-state index in [1.54, 1.807) is 18.9 Å². The van der Waals surface area contributed by atoms with E-state index >= 15 is 0 Å². The molecule has 0 radical (unpaired) electrons. The van der Waals surface area contributed by atoms with Crippen molar-refractivity contribution in [1.82, 2.24) is 15.0 Å². The number of aromatic nitrogens is 3. The number of ether oxygens (including phenoxy) is 2. The Morgan fingerprint density at radius 3 is 2.48 bits per heavy atom. The average molecular weight is 374 g/mol. The third kappa shape index (κ3) is 3.07. The van der Waals surface area contributed by atoms with Gasteiger partial charge in [0, 0.05) is 10.0 Å². The highest BCUT2D eigenvalue weighted by Crippen LogP contribution is 2.31. The van der Waals surface area contributed by atoms with E-state index in [1.165, 1.54) is 0 Å². The van der Waals surface area contributed by atoms with Crippen LogP contribution in [0.15, 0.2) is 47.1 Å². The van der Waals surface area contributed by atoms with Crippen molar-refractivity contribution < 1.29 is 9.47 Å². The highest BCUT2D eigenvalue weighted by atomic mass is 79.9. The van der Waals surface area contributed by atoms with Crippen LogP contribution < -0.4 is 9.47 Å². The first-order valence-electron chi connectivity index (χ1n) is 7.03. The number of hydrogen-bond acceptors (Lipinski definition) is 4. The van der Waals surface area contributed by atoms with Gasteiger partial charge in [-0.15, -0.1) is 5.10 Å². The van der Waals surface area contributed by atoms with Gasteiger partial charge in [-0.25, -0.2) is 4.68 Å². The molecule has 0 aliphatic rings. The van der Waals surface area contributed by atoms with Crippen LogP contribution >= 0.6 is 15.9 Å². The fourth-order valence-electron chi connectivity index (χ4n) is 2.39. The highest BCUT2D eigenvalue weighted by Gasteiger charge is 2.11. The summed E-state index contributed by atoms with van der Waals surface area (Å²) >= 11 is 3.47. The SMILES string of the molecule is COc1ccc(-c2cn(-c3ccc(Br)cc3C)nn2)cc1OC. The molecule has 3 rings (SSSR count). The summed E-state index contributed by atoms with van der Waals surface area (Å²) < 4.78 is 13.4. The van der Waals surface area contributed by atoms with Gasteiger partial charge >= 0.3 is 0 Å². The Bertz CT molecular complexity index is 846. The first kappa shape index (κ1) is 15.6. The molecular formula is C17H16BrN3O2. The topological polar surface area (TPSA) is 49.2 Å². The second-order valence-electron chi connectivity index (χ2n) is 5.05. The van der Waals surface area contributed by atoms with Gasteiger partial charge in [-0.2, -0.15) is 0 Å². The van der Waals surface area contributed by atoms with E-state index in [0.29, 0.717) is 11.5 Å². The minimum atomic E-state index is 0.666. The van der Waals surface area contributed by atoms with E-state index in [4.69, 9.17) is 9.47 Å². The van der Waals surface area contributed by atoms with Crippen molar-refractivity contribution in [1.29, 1.82) is 0 Å². The number of nitrogens with zero attached hydrogens (tertiary/aromatic N) is 3. The van der Waals surface area contributed by atoms with E-state index in [1.807, 2.05) is 49.5 Å². The Labute approximate surface area is 143 Å². The van der Waals surface area contributed by atoms with Crippen LogP contribution in [0, 0.1) is 6.92 Å². The Hall–Kier alpha value is -2.34. The number of rotatable bonds is 4. The summed E-state index contributed by atoms with van der Waals surface area (Å²) in [6.07, 6.45) is 1.90. The number of benzene rings is 2. The van der Waals surface area contributed by atoms with Gasteiger partial charge in [0.2, 0.25) is 0 Å². The van der Waals surface area contributed by atoms with Crippen LogP contribution in [0.25, 0.3) is 16.9 Å². The van der Waals surface area contributed by atoms with Crippen LogP contribution in [0.1, 0.15) is 5.56 Å². The monoisotopic (exact) mass is 373 g/mol. The van der Waals surface area contributed by atoms with Crippen molar-refractivity contribution in [3.63, 3.8) is 0 Å². The lowest BCUT2D eigenvalue weighted by Crippen LogP contribution is -1.97. The van der Waals surface area contributed by atoms with Crippen LogP contribution in [0.5, 0.6) is 11.5 Å². The fraction of sp³-hybridized carbons (Fsp3) is 0.176. The van der Waals surface area contributed by atoms with Crippen molar-refractivity contribution in [2.75, 3.05) is 14.2 Å². The van der Waals surface area contributed by atoms with E-state index in [9.17, 15) is 0 Å². The smallest absolute Gasteiger partial charge is 0.161 e. The van der Waals surface area contributed by atoms with Crippen LogP contribution in [-0.4, -0.2) is 29.2 Å². The second kappa shape index (κ2) is 6.42. The van der Waals surface area contributed by atoms with Gasteiger partial charge in [0.25, 0.3) is 0 Å². The summed E-state index contributed by atoms with van der Waals surface area (Å²) in [6.45, 7) is 2.04. The third-order valence-electron chi connectivity index (χ3n) is 3.58. The summed E-state index contributed by atoms with van der Waals surface area (Å²) in [7, 11) is 3.23. The maximum Gasteiger partial charge on any atom is 0.161 e. The van der Waals surface area contributed by atoms with Gasteiger partial charge in [-0.1, -0.05) is 21.1 Å². The van der Waals surface area contributed by atoms with E-state index in [0.717, 1.165) is 27.0 Å². The molecule has 0 saturated carbocycles. The Morgan fingerprint density at radius 1 is 1.00 bits per heavy atom. The molecule has 0 aliphatic carbocycles. The summed E-state index contributed by atoms with van der Waals surface area (Å²) in [5, 5.41) is 8.49. The zero-order valence-corrected chi connectivity index (χ0v) is 14.7. The molecule has 0 N–H and O–H groups in total. The van der Waals surface area contributed by atoms with Crippen molar-refractivity contribution in [3.8, 4) is 28.4 Å². The van der Waals surface area contributed by atoms with Gasteiger partial charge in [0.1, 0.15) is 5.69 Å². The fourth-order valence-corrected chi connectivity index (χ4v) is 2.86. The summed E-state index contributed by atoms with van der Waals surface area (Å²) in [5.41, 5.74) is 3.80. The van der Waals surface area contributed by atoms with Crippen molar-refractivity contribution >= 4 is 15.9 Å². The molecule has 0 bridgehead atoms. The lowest BCUT2D eigenvalue weighted by Gasteiger charge is -2.08. The molecule has 0 spiro atoms. The molecule has 1 heterocycles. The second-order valence-corrected chi connectivity index (χ2v) is 5.96. The summed E-state index contributed by atoms with van der Waals surface area (Å²) in [5.74, 6) is 1.35. The van der Waals surface area contributed by atoms with Gasteiger partial charge in [0.05, 0.1) is 26.1 Å². The first-order chi connectivity index (χ1) is 11.1. The number of hydrogen-bond donors (Lipinski definition) is 0. The maximum atomic E-state index is 5.34. The lowest BCUT2D eigenvalue weighted by atomic mass is 10.1. The molecule has 5 nitrogen and oxygen atoms in total. The molecule has 23 heavy (non-hydrogen) atoms. The normalized spacial score (nSPS) is 10.6. The quantitative estimate of drug-likeness (QED) is 0.692. The van der Waals surface area contributed by atoms with Crippen molar-refractivity contribution in [2.24, 2.45) is 0 Å². The molecular weight excluding hydrogens is 358 g/mol. The largest absolute Gasteiger partial charge is 0.493 e. The number of aryl methyl sites for hydroxylation is 1. The predicted molar refractivity (Wildman–Crippen MR) is 92.3 cm³/mol. The minimum Gasteiger partial charge on any atom is -0.493 e. The van der Waals surface area contributed by atoms with Crippen molar-refractivity contribution in [3.05, 3.63) is 52.6 Å². The Kier molecular flexibility index (Phi) is 4.34. The summed E-state index contributed by atoms with van der Waals surface area (Å²) in [6, 6.07) is 11.7. The molecule has 0 fully saturated rings. The third-order valence-corrected chi connectivity index (χ3v) is 4.07. The molecule has 118 valence electrons. The molecule has 0 amide bonds. The molecule has 0 saturated heterocycles. The van der Waals surface area contributed by atoms with Crippen LogP contribution in [0.3, 0.4) is 0 Å². The molecule has 0 aliphatic heterocycles. The summed E-state index contributed by atoms with van der Waals surface area (Å²) in [4.78, 5) is 0. The maximum absolute atomic E-state index is 5.34. The van der Waals surface area contributed by atoms with Gasteiger partial charge in [-0.3, -0.25) is 0 Å². The molecule has 2 aromatic carbocycles. The molecule has 1 aromatic heterocycles. The Balaban J connectivity index is 1.99. The lowest BCUT2D eigenvalue weighted by molar-refractivity contribution is 0.355. The van der Waals surface area contributed by atoms with Gasteiger partial charge in [-0.05, 0) is 48.9 Å². The van der Waals surface area contributed by atoms with E-state index in [-0.39, 0.29) is 0 Å². The molecule has 6 heteroatoms. The number of methoxy groups -OCH3 is 2. The van der Waals surface area contributed by atoms with Gasteiger partial charge < -0.3 is 9.47 Å². The Morgan fingerprint density at radius 2 is 1.78 bits per heavy atom. The van der Waals surface area contributed by atoms with Crippen LogP contribution in [0.2, 0.25) is 0 Å². The number of halogens is 1. The molecule has 3 aromatic rings. The zero-order valence-electron chi connectivity index (χ0n) is 13.1. The molecule has 0 atom stereocenters. The predicted octanol–water partition coefficient (Wildman–Crippen LogP) is 4.02. The molecule has 0 unspecified atom stereocenters. The first-order valence-corrected chi connectivity index (χ1v) is 7.83. The van der Waals surface area contributed by atoms with Crippen molar-refractivity contribution in [2.45, 2.75) is 6.92 Å². The van der Waals surface area contributed by atoms with Crippen LogP contribution in [-0.2, 0) is 0 Å². The zero-order chi connectivity index (χ0) is 16.4. The van der Waals surface area contributed by atoms with Gasteiger partial charge in [0.15, 0.2) is 11.5 Å². The van der Waals surface area contributed by atoms with Crippen LogP contribution in [0.4, 0.5) is 0 Å². The minimum absolute atomic E-state index is 0.666. The average Bonchev–Trinajstić information content (AvgIpc) is 3.03. The standard InChI is InChI=1S/C17H16BrN3O2/c1-11-8-13(18)5-6-15(11)21-10-14(19-20-21)12-4-7-16(22-2)17(9-12)23-3/h4-10H,1-3H3.